The van der Waals surface area contributed by atoms with Crippen LogP contribution in [-0.4, -0.2) is 12.8 Å². The molecule has 5 heteroatoms. The molecule has 0 aliphatic carbocycles. The predicted molar refractivity (Wildman–Crippen MR) is 73.2 cm³/mol. The van der Waals surface area contributed by atoms with Gasteiger partial charge < -0.3 is 9.05 Å². The van der Waals surface area contributed by atoms with Gasteiger partial charge in [-0.3, -0.25) is 4.57 Å². The standard InChI is InChI=1S/C13H18ClO3P/c1-10(2)9-18(15)16-7-6-13(17-18)11-4-3-5-12(14)8-11/h3-5,8,10,13H,6-7,9H2,1-2H3. The molecule has 1 heterocycles. The molecule has 0 radical (unpaired) electrons. The van der Waals surface area contributed by atoms with Crippen molar-refractivity contribution >= 4 is 19.2 Å². The maximum atomic E-state index is 12.4. The molecule has 0 bridgehead atoms. The van der Waals surface area contributed by atoms with Crippen LogP contribution in [0.15, 0.2) is 24.3 Å². The van der Waals surface area contributed by atoms with E-state index < -0.39 is 7.60 Å². The van der Waals surface area contributed by atoms with Gasteiger partial charge in [0.2, 0.25) is 0 Å². The van der Waals surface area contributed by atoms with Crippen LogP contribution in [0.3, 0.4) is 0 Å². The van der Waals surface area contributed by atoms with Crippen molar-refractivity contribution in [1.29, 1.82) is 0 Å². The Kier molecular flexibility index (Phi) is 4.50. The number of benzene rings is 1. The summed E-state index contributed by atoms with van der Waals surface area (Å²) in [6.45, 7) is 4.49. The molecule has 1 aliphatic heterocycles. The molecule has 1 fully saturated rings. The summed E-state index contributed by atoms with van der Waals surface area (Å²) in [4.78, 5) is 0. The van der Waals surface area contributed by atoms with Crippen LogP contribution in [0, 0.1) is 5.92 Å². The Morgan fingerprint density at radius 3 is 2.94 bits per heavy atom. The van der Waals surface area contributed by atoms with Gasteiger partial charge in [-0.1, -0.05) is 37.6 Å². The summed E-state index contributed by atoms with van der Waals surface area (Å²) in [5, 5.41) is 0.668. The van der Waals surface area contributed by atoms with E-state index in [1.165, 1.54) is 0 Å². The van der Waals surface area contributed by atoms with Gasteiger partial charge in [0.05, 0.1) is 18.9 Å². The van der Waals surface area contributed by atoms with E-state index in [1.807, 2.05) is 38.1 Å². The third kappa shape index (κ3) is 3.58. The molecular weight excluding hydrogens is 271 g/mol. The Labute approximate surface area is 113 Å². The minimum absolute atomic E-state index is 0.179. The SMILES string of the molecule is CC(C)CP1(=O)OCCC(c2cccc(Cl)c2)O1. The zero-order chi connectivity index (χ0) is 13.2. The van der Waals surface area contributed by atoms with Crippen LogP contribution in [0.5, 0.6) is 0 Å². The number of hydrogen-bond acceptors (Lipinski definition) is 3. The van der Waals surface area contributed by atoms with E-state index in [1.54, 1.807) is 0 Å². The largest absolute Gasteiger partial charge is 0.331 e. The molecule has 0 saturated carbocycles. The van der Waals surface area contributed by atoms with Crippen molar-refractivity contribution in [3.63, 3.8) is 0 Å². The molecule has 3 nitrogen and oxygen atoms in total. The van der Waals surface area contributed by atoms with Gasteiger partial charge in [-0.2, -0.15) is 0 Å². The number of rotatable bonds is 3. The summed E-state index contributed by atoms with van der Waals surface area (Å²) >= 11 is 5.96. The summed E-state index contributed by atoms with van der Waals surface area (Å²) in [5.41, 5.74) is 0.967. The van der Waals surface area contributed by atoms with Gasteiger partial charge >= 0.3 is 7.60 Å². The van der Waals surface area contributed by atoms with E-state index >= 15 is 0 Å². The van der Waals surface area contributed by atoms with Crippen molar-refractivity contribution in [2.24, 2.45) is 5.92 Å². The predicted octanol–water partition coefficient (Wildman–Crippen LogP) is 4.67. The van der Waals surface area contributed by atoms with E-state index in [9.17, 15) is 4.57 Å². The highest BCUT2D eigenvalue weighted by Crippen LogP contribution is 2.57. The van der Waals surface area contributed by atoms with E-state index in [2.05, 4.69) is 0 Å². The average Bonchev–Trinajstić information content (AvgIpc) is 2.27. The third-order valence-electron chi connectivity index (χ3n) is 2.77. The van der Waals surface area contributed by atoms with Crippen LogP contribution in [0.25, 0.3) is 0 Å². The second kappa shape index (κ2) is 5.75. The highest BCUT2D eigenvalue weighted by atomic mass is 35.5. The van der Waals surface area contributed by atoms with Crippen molar-refractivity contribution in [3.05, 3.63) is 34.9 Å². The average molecular weight is 289 g/mol. The van der Waals surface area contributed by atoms with Crippen LogP contribution in [-0.2, 0) is 13.6 Å². The van der Waals surface area contributed by atoms with Crippen LogP contribution in [0.4, 0.5) is 0 Å². The molecule has 1 saturated heterocycles. The molecule has 0 aromatic heterocycles. The van der Waals surface area contributed by atoms with E-state index in [4.69, 9.17) is 20.6 Å². The maximum absolute atomic E-state index is 12.4. The Hall–Kier alpha value is -0.340. The van der Waals surface area contributed by atoms with Crippen LogP contribution < -0.4 is 0 Å². The Balaban J connectivity index is 2.14. The fraction of sp³-hybridized carbons (Fsp3) is 0.538. The highest BCUT2D eigenvalue weighted by Gasteiger charge is 2.34. The second-order valence-corrected chi connectivity index (χ2v) is 7.45. The van der Waals surface area contributed by atoms with Crippen molar-refractivity contribution < 1.29 is 13.6 Å². The van der Waals surface area contributed by atoms with E-state index in [-0.39, 0.29) is 12.0 Å². The summed E-state index contributed by atoms with van der Waals surface area (Å²) in [7, 11) is -2.95. The molecule has 1 aromatic carbocycles. The van der Waals surface area contributed by atoms with Crippen molar-refractivity contribution in [2.75, 3.05) is 12.8 Å². The van der Waals surface area contributed by atoms with E-state index in [0.29, 0.717) is 24.2 Å². The molecular formula is C13H18ClO3P. The molecule has 1 aromatic rings. The van der Waals surface area contributed by atoms with Crippen LogP contribution in [0.2, 0.25) is 5.02 Å². The monoisotopic (exact) mass is 288 g/mol. The fourth-order valence-corrected chi connectivity index (χ4v) is 4.40. The maximum Gasteiger partial charge on any atom is 0.331 e. The molecule has 0 amide bonds. The first-order valence-electron chi connectivity index (χ1n) is 6.16. The quantitative estimate of drug-likeness (QED) is 0.758. The van der Waals surface area contributed by atoms with Crippen molar-refractivity contribution in [1.82, 2.24) is 0 Å². The van der Waals surface area contributed by atoms with Gasteiger partial charge in [0.1, 0.15) is 0 Å². The van der Waals surface area contributed by atoms with Crippen molar-refractivity contribution in [2.45, 2.75) is 26.4 Å². The van der Waals surface area contributed by atoms with E-state index in [0.717, 1.165) is 5.56 Å². The number of halogens is 1. The first kappa shape index (κ1) is 14.1. The molecule has 18 heavy (non-hydrogen) atoms. The zero-order valence-electron chi connectivity index (χ0n) is 10.6. The third-order valence-corrected chi connectivity index (χ3v) is 5.33. The molecule has 2 atom stereocenters. The molecule has 2 unspecified atom stereocenters. The fourth-order valence-electron chi connectivity index (χ4n) is 2.05. The zero-order valence-corrected chi connectivity index (χ0v) is 12.3. The Morgan fingerprint density at radius 1 is 1.50 bits per heavy atom. The summed E-state index contributed by atoms with van der Waals surface area (Å²) in [6, 6.07) is 7.50. The van der Waals surface area contributed by atoms with Gasteiger partial charge in [0.25, 0.3) is 0 Å². The van der Waals surface area contributed by atoms with Crippen LogP contribution in [0.1, 0.15) is 31.9 Å². The normalized spacial score (nSPS) is 28.6. The topological polar surface area (TPSA) is 35.5 Å². The molecule has 1 aliphatic rings. The molecule has 100 valence electrons. The number of hydrogen-bond donors (Lipinski definition) is 0. The first-order valence-corrected chi connectivity index (χ1v) is 8.26. The van der Waals surface area contributed by atoms with Gasteiger partial charge in [0, 0.05) is 11.4 Å². The lowest BCUT2D eigenvalue weighted by molar-refractivity contribution is 0.0801. The van der Waals surface area contributed by atoms with Crippen molar-refractivity contribution in [3.8, 4) is 0 Å². The first-order chi connectivity index (χ1) is 8.48. The minimum Gasteiger partial charge on any atom is -0.308 e. The summed E-state index contributed by atoms with van der Waals surface area (Å²) in [6.07, 6.45) is 0.994. The summed E-state index contributed by atoms with van der Waals surface area (Å²) in [5.74, 6) is 0.286. The smallest absolute Gasteiger partial charge is 0.308 e. The molecule has 0 N–H and O–H groups in total. The Morgan fingerprint density at radius 2 is 2.28 bits per heavy atom. The minimum atomic E-state index is -2.95. The second-order valence-electron chi connectivity index (χ2n) is 4.96. The lowest BCUT2D eigenvalue weighted by Crippen LogP contribution is -2.17. The highest BCUT2D eigenvalue weighted by molar-refractivity contribution is 7.53. The molecule has 0 spiro atoms. The summed E-state index contributed by atoms with van der Waals surface area (Å²) < 4.78 is 23.5. The lowest BCUT2D eigenvalue weighted by atomic mass is 10.1. The molecule has 2 rings (SSSR count). The van der Waals surface area contributed by atoms with Gasteiger partial charge in [-0.05, 0) is 23.6 Å². The van der Waals surface area contributed by atoms with Gasteiger partial charge in [0.15, 0.2) is 0 Å². The van der Waals surface area contributed by atoms with Gasteiger partial charge in [-0.25, -0.2) is 0 Å². The lowest BCUT2D eigenvalue weighted by Gasteiger charge is -2.31. The van der Waals surface area contributed by atoms with Gasteiger partial charge in [-0.15, -0.1) is 0 Å². The Bertz CT molecular complexity index is 461. The van der Waals surface area contributed by atoms with Crippen LogP contribution >= 0.6 is 19.2 Å².